The molecule has 3 aliphatic rings. The zero-order valence-electron chi connectivity index (χ0n) is 26.1. The number of carbonyl (C=O) groups excluding carboxylic acids is 4. The Kier molecular flexibility index (Phi) is 7.85. The second-order valence-corrected chi connectivity index (χ2v) is 13.9. The number of amides is 4. The third-order valence-corrected chi connectivity index (χ3v) is 10.5. The monoisotopic (exact) mass is 628 g/mol. The van der Waals surface area contributed by atoms with E-state index in [1.807, 2.05) is 33.8 Å². The lowest BCUT2D eigenvalue weighted by atomic mass is 9.98. The molecule has 234 valence electrons. The van der Waals surface area contributed by atoms with Crippen molar-refractivity contribution in [2.75, 3.05) is 26.2 Å². The zero-order valence-corrected chi connectivity index (χ0v) is 26.9. The molecule has 6 rings (SSSR count). The van der Waals surface area contributed by atoms with Crippen LogP contribution in [0.2, 0.25) is 0 Å². The van der Waals surface area contributed by atoms with E-state index in [4.69, 9.17) is 4.74 Å². The van der Waals surface area contributed by atoms with Crippen LogP contribution in [0.3, 0.4) is 0 Å². The van der Waals surface area contributed by atoms with Gasteiger partial charge in [-0.15, -0.1) is 11.3 Å². The van der Waals surface area contributed by atoms with Gasteiger partial charge < -0.3 is 14.5 Å². The topological polar surface area (TPSA) is 137 Å². The van der Waals surface area contributed by atoms with Crippen molar-refractivity contribution in [3.05, 3.63) is 46.1 Å². The van der Waals surface area contributed by atoms with Gasteiger partial charge in [-0.2, -0.15) is 5.26 Å². The maximum Gasteiger partial charge on any atom is 0.409 e. The molecule has 2 unspecified atom stereocenters. The predicted octanol–water partition coefficient (Wildman–Crippen LogP) is 4.76. The van der Waals surface area contributed by atoms with E-state index in [9.17, 15) is 24.4 Å². The number of imide groups is 1. The summed E-state index contributed by atoms with van der Waals surface area (Å²) in [4.78, 5) is 67.4. The number of hydrogen-bond acceptors (Lipinski definition) is 9. The van der Waals surface area contributed by atoms with Gasteiger partial charge in [0.1, 0.15) is 11.8 Å². The van der Waals surface area contributed by atoms with Crippen molar-refractivity contribution in [2.24, 2.45) is 17.3 Å². The summed E-state index contributed by atoms with van der Waals surface area (Å²) in [7, 11) is 0. The number of hydrogen-bond donors (Lipinski definition) is 0. The minimum Gasteiger partial charge on any atom is -0.449 e. The van der Waals surface area contributed by atoms with Crippen molar-refractivity contribution in [3.8, 4) is 17.3 Å². The number of pyridine rings is 2. The summed E-state index contributed by atoms with van der Waals surface area (Å²) in [6.07, 6.45) is 2.99. The Balaban J connectivity index is 1.30. The van der Waals surface area contributed by atoms with Gasteiger partial charge in [0, 0.05) is 42.3 Å². The van der Waals surface area contributed by atoms with Crippen LogP contribution in [0.15, 0.2) is 24.4 Å². The molecular weight excluding hydrogens is 592 g/mol. The highest BCUT2D eigenvalue weighted by Gasteiger charge is 2.72. The van der Waals surface area contributed by atoms with Crippen LogP contribution in [0.25, 0.3) is 21.5 Å². The largest absolute Gasteiger partial charge is 0.449 e. The summed E-state index contributed by atoms with van der Waals surface area (Å²) >= 11 is 1.40. The van der Waals surface area contributed by atoms with Gasteiger partial charge in [0.05, 0.1) is 46.5 Å². The Hall–Kier alpha value is -4.37. The Labute approximate surface area is 265 Å². The van der Waals surface area contributed by atoms with Gasteiger partial charge in [-0.3, -0.25) is 24.3 Å². The lowest BCUT2D eigenvalue weighted by Crippen LogP contribution is -2.55. The molecule has 4 amide bonds. The van der Waals surface area contributed by atoms with E-state index in [0.717, 1.165) is 22.4 Å². The Bertz CT molecular complexity index is 1750. The van der Waals surface area contributed by atoms with E-state index < -0.39 is 0 Å². The SMILES string of the molecule is CCCCOC(=O)N1CCN(C(=O)c2c(C)cc(C#N)nc2-c2ccnc3cc(CN4C(=O)C5C(C4=O)C5(C)C)sc23)[C@@H](C)C1. The molecule has 2 aliphatic heterocycles. The number of aryl methyl sites for hydroxylation is 1. The van der Waals surface area contributed by atoms with Crippen LogP contribution >= 0.6 is 11.3 Å². The Morgan fingerprint density at radius 2 is 1.91 bits per heavy atom. The second-order valence-electron chi connectivity index (χ2n) is 12.7. The highest BCUT2D eigenvalue weighted by molar-refractivity contribution is 7.19. The second kappa shape index (κ2) is 11.5. The van der Waals surface area contributed by atoms with Crippen molar-refractivity contribution in [2.45, 2.75) is 60.0 Å². The van der Waals surface area contributed by atoms with E-state index in [1.54, 1.807) is 35.1 Å². The lowest BCUT2D eigenvalue weighted by Gasteiger charge is -2.39. The Morgan fingerprint density at radius 1 is 1.18 bits per heavy atom. The van der Waals surface area contributed by atoms with E-state index >= 15 is 0 Å². The number of aromatic nitrogens is 2. The fourth-order valence-corrected chi connectivity index (χ4v) is 7.84. The maximum absolute atomic E-state index is 14.2. The summed E-state index contributed by atoms with van der Waals surface area (Å²) in [6.45, 7) is 11.2. The molecular formula is C33H36N6O5S. The number of piperazine rings is 1. The van der Waals surface area contributed by atoms with Crippen LogP contribution < -0.4 is 0 Å². The molecule has 3 atom stereocenters. The smallest absolute Gasteiger partial charge is 0.409 e. The maximum atomic E-state index is 14.2. The molecule has 0 N–H and O–H groups in total. The van der Waals surface area contributed by atoms with Crippen LogP contribution in [-0.4, -0.2) is 80.8 Å². The first-order valence-corrected chi connectivity index (χ1v) is 16.2. The number of thiophene rings is 1. The lowest BCUT2D eigenvalue weighted by molar-refractivity contribution is -0.143. The molecule has 1 aliphatic carbocycles. The summed E-state index contributed by atoms with van der Waals surface area (Å²) < 4.78 is 6.13. The molecule has 3 aromatic rings. The number of fused-ring (bicyclic) bond motifs is 2. The molecule has 45 heavy (non-hydrogen) atoms. The number of nitrogens with zero attached hydrogens (tertiary/aromatic N) is 6. The van der Waals surface area contributed by atoms with Crippen LogP contribution in [0.4, 0.5) is 4.79 Å². The minimum absolute atomic E-state index is 0.129. The van der Waals surface area contributed by atoms with Gasteiger partial charge in [-0.1, -0.05) is 27.2 Å². The molecule has 3 aromatic heterocycles. The Morgan fingerprint density at radius 3 is 2.58 bits per heavy atom. The molecule has 0 bridgehead atoms. The van der Waals surface area contributed by atoms with Crippen molar-refractivity contribution in [3.63, 3.8) is 0 Å². The van der Waals surface area contributed by atoms with Gasteiger partial charge >= 0.3 is 6.09 Å². The number of ether oxygens (including phenoxy) is 1. The number of nitriles is 1. The van der Waals surface area contributed by atoms with Crippen LogP contribution in [-0.2, 0) is 20.9 Å². The predicted molar refractivity (Wildman–Crippen MR) is 167 cm³/mol. The first-order valence-electron chi connectivity index (χ1n) is 15.3. The van der Waals surface area contributed by atoms with Crippen LogP contribution in [0, 0.1) is 35.5 Å². The molecule has 0 radical (unpaired) electrons. The first kappa shape index (κ1) is 30.6. The molecule has 12 heteroatoms. The standard InChI is InChI=1S/C33H36N6O5S/c1-6-7-12-44-32(43)37-10-11-38(19(3)16-37)29(40)24-18(2)13-20(15-34)36-27(24)22-8-9-35-23-14-21(45-28(22)23)17-39-30(41)25-26(31(39)42)33(25,4)5/h8-9,13-14,19,25-26H,6-7,10-12,16-17H2,1-5H3/t19-,25?,26?/m0/s1. The van der Waals surface area contributed by atoms with Gasteiger partial charge in [-0.05, 0) is 49.4 Å². The molecule has 0 spiro atoms. The van der Waals surface area contributed by atoms with Crippen molar-refractivity contribution in [1.29, 1.82) is 5.26 Å². The summed E-state index contributed by atoms with van der Waals surface area (Å²) in [6, 6.07) is 7.09. The number of rotatable bonds is 7. The average molecular weight is 629 g/mol. The van der Waals surface area contributed by atoms with Gasteiger partial charge in [0.15, 0.2) is 0 Å². The van der Waals surface area contributed by atoms with Crippen LogP contribution in [0.1, 0.15) is 67.0 Å². The zero-order chi connectivity index (χ0) is 32.2. The van der Waals surface area contributed by atoms with Gasteiger partial charge in [-0.25, -0.2) is 9.78 Å². The molecule has 11 nitrogen and oxygen atoms in total. The number of unbranched alkanes of at least 4 members (excludes halogenated alkanes) is 1. The first-order chi connectivity index (χ1) is 21.5. The fraction of sp³-hybridized carbons (Fsp3) is 0.485. The molecule has 5 heterocycles. The third kappa shape index (κ3) is 5.23. The molecule has 0 aromatic carbocycles. The quantitative estimate of drug-likeness (QED) is 0.270. The van der Waals surface area contributed by atoms with Crippen molar-refractivity contribution < 1.29 is 23.9 Å². The number of likely N-dealkylation sites (tertiary alicyclic amines) is 1. The highest BCUT2D eigenvalue weighted by Crippen LogP contribution is 2.63. The van der Waals surface area contributed by atoms with Crippen molar-refractivity contribution in [1.82, 2.24) is 24.7 Å². The highest BCUT2D eigenvalue weighted by atomic mass is 32.1. The van der Waals surface area contributed by atoms with Crippen molar-refractivity contribution >= 4 is 45.4 Å². The molecule has 1 saturated carbocycles. The minimum atomic E-state index is -0.370. The van der Waals surface area contributed by atoms with Gasteiger partial charge in [0.25, 0.3) is 5.91 Å². The number of piperidine rings is 1. The summed E-state index contributed by atoms with van der Waals surface area (Å²) in [5, 5.41) is 9.76. The van der Waals surface area contributed by atoms with E-state index in [1.165, 1.54) is 16.2 Å². The van der Waals surface area contributed by atoms with E-state index in [2.05, 4.69) is 16.0 Å². The average Bonchev–Trinajstić information content (AvgIpc) is 3.23. The van der Waals surface area contributed by atoms with E-state index in [-0.39, 0.29) is 59.3 Å². The molecule has 3 fully saturated rings. The third-order valence-electron chi connectivity index (χ3n) is 9.34. The summed E-state index contributed by atoms with van der Waals surface area (Å²) in [5.41, 5.74) is 2.58. The number of carbonyl (C=O) groups is 4. The van der Waals surface area contributed by atoms with Gasteiger partial charge in [0.2, 0.25) is 11.8 Å². The normalized spacial score (nSPS) is 22.0. The van der Waals surface area contributed by atoms with E-state index in [0.29, 0.717) is 54.1 Å². The van der Waals surface area contributed by atoms with Crippen LogP contribution in [0.5, 0.6) is 0 Å². The summed E-state index contributed by atoms with van der Waals surface area (Å²) in [5.74, 6) is -0.994. The fourth-order valence-electron chi connectivity index (χ4n) is 6.73. The molecule has 2 saturated heterocycles.